The second kappa shape index (κ2) is 25.7. The number of rotatable bonds is 23. The lowest BCUT2D eigenvalue weighted by molar-refractivity contribution is -0.140. The highest BCUT2D eigenvalue weighted by atomic mass is 16.3. The van der Waals surface area contributed by atoms with E-state index in [4.69, 9.17) is 68.8 Å². The van der Waals surface area contributed by atoms with Crippen LogP contribution in [0.4, 0.5) is 0 Å². The number of benzene rings is 3. The molecule has 0 aliphatic heterocycles. The van der Waals surface area contributed by atoms with Crippen LogP contribution in [0.15, 0.2) is 97.3 Å². The number of nitrogens with two attached hydrogens (primary N) is 12. The summed E-state index contributed by atoms with van der Waals surface area (Å²) < 4.78 is 0. The number of fused-ring (bicyclic) bond motifs is 2. The van der Waals surface area contributed by atoms with Crippen molar-refractivity contribution >= 4 is 93.5 Å². The van der Waals surface area contributed by atoms with E-state index in [1.807, 2.05) is 57.7 Å². The van der Waals surface area contributed by atoms with Crippen molar-refractivity contribution < 1.29 is 48.6 Å². The molecule has 3 aromatic rings. The molecule has 0 fully saturated rings. The molecule has 0 saturated carbocycles. The van der Waals surface area contributed by atoms with Crippen molar-refractivity contribution in [3.63, 3.8) is 0 Å². The van der Waals surface area contributed by atoms with Gasteiger partial charge in [0.2, 0.25) is 42.7 Å². The predicted molar refractivity (Wildman–Crippen MR) is 269 cm³/mol. The number of aliphatic imine (C=N–C) groups is 5. The van der Waals surface area contributed by atoms with Crippen LogP contribution in [0.25, 0.3) is 16.5 Å². The second-order valence-electron chi connectivity index (χ2n) is 15.7. The van der Waals surface area contributed by atoms with Gasteiger partial charge in [-0.05, 0) is 40.0 Å². The highest BCUT2D eigenvalue weighted by molar-refractivity contribution is 6.01. The third-order valence-corrected chi connectivity index (χ3v) is 10.1. The highest BCUT2D eigenvalue weighted by Gasteiger charge is 2.37. The number of aliphatic hydroxyl groups excluding tert-OH is 2. The van der Waals surface area contributed by atoms with Gasteiger partial charge < -0.3 is 116 Å². The largest absolute Gasteiger partial charge is 0.395 e. The van der Waals surface area contributed by atoms with Crippen molar-refractivity contribution in [1.82, 2.24) is 37.2 Å². The highest BCUT2D eigenvalue weighted by Crippen LogP contribution is 2.39. The van der Waals surface area contributed by atoms with Crippen LogP contribution >= 0.6 is 0 Å². The Hall–Kier alpha value is -10.4. The summed E-state index contributed by atoms with van der Waals surface area (Å²) in [6.45, 7) is -0.828. The van der Waals surface area contributed by atoms with Gasteiger partial charge in [0.15, 0.2) is 36.0 Å². The van der Waals surface area contributed by atoms with Crippen molar-refractivity contribution in [2.24, 2.45) is 99.7 Å². The van der Waals surface area contributed by atoms with Crippen LogP contribution in [0, 0.1) is 5.92 Å². The van der Waals surface area contributed by atoms with E-state index in [1.54, 1.807) is 6.07 Å². The van der Waals surface area contributed by atoms with E-state index in [1.165, 1.54) is 24.3 Å². The Morgan fingerprint density at radius 2 is 0.933 bits per heavy atom. The molecule has 0 aromatic heterocycles. The van der Waals surface area contributed by atoms with Gasteiger partial charge in [-0.1, -0.05) is 60.7 Å². The van der Waals surface area contributed by atoms with Gasteiger partial charge in [0.05, 0.1) is 18.2 Å². The number of primary amides is 1. The van der Waals surface area contributed by atoms with E-state index in [0.717, 1.165) is 16.3 Å². The molecule has 0 radical (unpaired) electrons. The van der Waals surface area contributed by atoms with Crippen molar-refractivity contribution in [2.75, 3.05) is 6.61 Å². The minimum atomic E-state index is -2.39. The second-order valence-corrected chi connectivity index (χ2v) is 15.7. The number of hydrogen-bond acceptors (Lipinski definition) is 16. The molecule has 75 heavy (non-hydrogen) atoms. The average molecular weight is 1050 g/mol. The summed E-state index contributed by atoms with van der Waals surface area (Å²) in [5, 5.41) is 37.7. The van der Waals surface area contributed by atoms with E-state index in [0.29, 0.717) is 5.56 Å². The summed E-state index contributed by atoms with van der Waals surface area (Å²) >= 11 is 0. The zero-order valence-corrected chi connectivity index (χ0v) is 39.2. The van der Waals surface area contributed by atoms with Crippen molar-refractivity contribution in [3.05, 3.63) is 89.0 Å². The molecular formula is C41H56N24O10. The summed E-state index contributed by atoms with van der Waals surface area (Å²) in [6.07, 6.45) is -12.8. The Morgan fingerprint density at radius 1 is 0.507 bits per heavy atom. The van der Waals surface area contributed by atoms with Gasteiger partial charge in [0, 0.05) is 5.56 Å². The summed E-state index contributed by atoms with van der Waals surface area (Å²) in [5.41, 5.74) is 67.6. The third kappa shape index (κ3) is 16.1. The van der Waals surface area contributed by atoms with Gasteiger partial charge in [0.1, 0.15) is 6.04 Å². The molecule has 4 rings (SSSR count). The fourth-order valence-corrected chi connectivity index (χ4v) is 6.87. The Kier molecular flexibility index (Phi) is 19.6. The first-order valence-corrected chi connectivity index (χ1v) is 21.5. The molecule has 400 valence electrons. The minimum absolute atomic E-state index is 0.0270. The molecule has 1 aliphatic carbocycles. The van der Waals surface area contributed by atoms with Crippen LogP contribution in [-0.2, 0) is 44.8 Å². The van der Waals surface area contributed by atoms with E-state index < -0.39 is 127 Å². The first-order chi connectivity index (χ1) is 35.3. The maximum Gasteiger partial charge on any atom is 0.270 e. The van der Waals surface area contributed by atoms with E-state index in [2.05, 4.69) is 40.9 Å². The van der Waals surface area contributed by atoms with E-state index in [9.17, 15) is 48.6 Å². The van der Waals surface area contributed by atoms with Gasteiger partial charge in [-0.2, -0.15) is 0 Å². The Morgan fingerprint density at radius 3 is 1.36 bits per heavy atom. The Bertz CT molecular complexity index is 2870. The number of guanidine groups is 5. The molecule has 8 amide bonds. The molecule has 3 aromatic carbocycles. The molecule has 8 atom stereocenters. The van der Waals surface area contributed by atoms with Crippen molar-refractivity contribution in [1.29, 1.82) is 0 Å². The number of aliphatic hydroxyl groups is 2. The minimum Gasteiger partial charge on any atom is -0.395 e. The summed E-state index contributed by atoms with van der Waals surface area (Å²) in [6, 6.07) is 16.4. The molecule has 0 saturated heterocycles. The monoisotopic (exact) mass is 1040 g/mol. The quantitative estimate of drug-likeness (QED) is 0.0238. The molecule has 34 heteroatoms. The molecule has 33 N–H and O–H groups in total. The van der Waals surface area contributed by atoms with E-state index in [-0.39, 0.29) is 29.2 Å². The number of amides is 8. The van der Waals surface area contributed by atoms with Gasteiger partial charge >= 0.3 is 0 Å². The van der Waals surface area contributed by atoms with Crippen LogP contribution < -0.4 is 106 Å². The number of hydrogen-bond donors (Lipinski definition) is 21. The van der Waals surface area contributed by atoms with Gasteiger partial charge in [0.25, 0.3) is 35.4 Å². The zero-order valence-electron chi connectivity index (χ0n) is 39.2. The summed E-state index contributed by atoms with van der Waals surface area (Å²) in [5.74, 6) is -15.6. The smallest absolute Gasteiger partial charge is 0.270 e. The lowest BCUT2D eigenvalue weighted by Gasteiger charge is -2.25. The number of nitrogens with one attached hydrogen (secondary N) is 7. The standard InChI is InChI=1S/C41H56N24O10/c42-23(24(43)67)56-31(70)25(61-38(46)47)58-33(72)27(63-40(50)51)60-34(73)28(64-41(52)53)59-32(71)26(62-39(48)49)57-30(69)21(14-6-2-1-3-7-14)54-35(74)36(75)65-29(68)20(13-66)19-12-17-10-15-8-4-5-9-16(15)11-18(17)22(19)55-37(44)45/h1-11,20-21,23,25-28,36,66,75H,12-13,42H2,(H2,43,67)(H,54,74)(H,56,70)(H,57,69)(H,58,72)(H,59,71)(H,60,73)(H,65,68)(H4,44,45,55)(H4,46,47,61)(H4,48,49,62)(H4,50,51,63)(H4,52,53,64). The zero-order chi connectivity index (χ0) is 55.8. The summed E-state index contributed by atoms with van der Waals surface area (Å²) in [4.78, 5) is 125. The lowest BCUT2D eigenvalue weighted by atomic mass is 9.96. The maximum absolute atomic E-state index is 14.1. The molecule has 1 aliphatic rings. The number of carbonyl (C=O) groups is 8. The van der Waals surface area contributed by atoms with Crippen molar-refractivity contribution in [3.8, 4) is 0 Å². The fraction of sp³-hybridized carbons (Fsp3) is 0.244. The molecule has 34 nitrogen and oxygen atoms in total. The average Bonchev–Trinajstić information content (AvgIpc) is 3.66. The van der Waals surface area contributed by atoms with Crippen LogP contribution in [0.1, 0.15) is 22.7 Å². The van der Waals surface area contributed by atoms with E-state index >= 15 is 0 Å². The molecule has 0 spiro atoms. The third-order valence-electron chi connectivity index (χ3n) is 10.1. The fourth-order valence-electron chi connectivity index (χ4n) is 6.87. The first-order valence-electron chi connectivity index (χ1n) is 21.5. The number of nitrogens with zero attached hydrogens (tertiary/aromatic N) is 5. The van der Waals surface area contributed by atoms with Crippen LogP contribution in [0.3, 0.4) is 0 Å². The topological polar surface area (TPSA) is 635 Å². The van der Waals surface area contributed by atoms with Crippen LogP contribution in [0.2, 0.25) is 0 Å². The summed E-state index contributed by atoms with van der Waals surface area (Å²) in [7, 11) is 0. The van der Waals surface area contributed by atoms with Gasteiger partial charge in [-0.3, -0.25) is 38.4 Å². The van der Waals surface area contributed by atoms with Crippen LogP contribution in [0.5, 0.6) is 0 Å². The normalized spacial score (nSPS) is 14.6. The first kappa shape index (κ1) is 57.2. The Labute approximate surface area is 423 Å². The lowest BCUT2D eigenvalue weighted by Crippen LogP contribution is -2.60. The van der Waals surface area contributed by atoms with Crippen molar-refractivity contribution in [2.45, 2.75) is 49.5 Å². The number of carbonyl (C=O) groups excluding carboxylic acids is 8. The molecular weight excluding hydrogens is 989 g/mol. The van der Waals surface area contributed by atoms with Crippen LogP contribution in [-0.4, -0.2) is 131 Å². The Balaban J connectivity index is 1.56. The molecule has 8 unspecified atom stereocenters. The van der Waals surface area contributed by atoms with Gasteiger partial charge in [-0.15, -0.1) is 0 Å². The predicted octanol–water partition coefficient (Wildman–Crippen LogP) is -11.0. The van der Waals surface area contributed by atoms with Gasteiger partial charge in [-0.25, -0.2) is 25.0 Å². The molecule has 0 heterocycles. The SMILES string of the molecule is NC(=O)C(N)NC(=O)C(N=C(N)N)NC(=O)C(N=C(N)N)NC(=O)C(N=C(N)N)NC(=O)C(N=C(N)N)NC(=O)C(NC(=O)C(O)NC(=O)C(CO)C1=C(N=C(N)N)c2cc3ccccc3cc2C1)c1ccccc1. The maximum atomic E-state index is 14.1. The molecule has 0 bridgehead atoms.